The van der Waals surface area contributed by atoms with Gasteiger partial charge in [-0.1, -0.05) is 19.3 Å². The molecule has 0 radical (unpaired) electrons. The first-order valence-electron chi connectivity index (χ1n) is 6.78. The third-order valence-corrected chi connectivity index (χ3v) is 6.53. The van der Waals surface area contributed by atoms with E-state index in [1.54, 1.807) is 4.31 Å². The highest BCUT2D eigenvalue weighted by molar-refractivity contribution is 7.89. The summed E-state index contributed by atoms with van der Waals surface area (Å²) in [5, 5.41) is 8.89. The summed E-state index contributed by atoms with van der Waals surface area (Å²) in [6, 6.07) is 0.0411. The lowest BCUT2D eigenvalue weighted by molar-refractivity contribution is 0.191. The van der Waals surface area contributed by atoms with E-state index < -0.39 is 10.0 Å². The summed E-state index contributed by atoms with van der Waals surface area (Å²) in [6.45, 7) is 0.741. The van der Waals surface area contributed by atoms with Crippen molar-refractivity contribution in [3.63, 3.8) is 0 Å². The normalized spacial score (nSPS) is 28.6. The van der Waals surface area contributed by atoms with Crippen molar-refractivity contribution < 1.29 is 13.5 Å². The zero-order valence-electron chi connectivity index (χ0n) is 10.3. The molecule has 1 atom stereocenters. The Kier molecular flexibility index (Phi) is 4.44. The number of piperidine rings is 1. The van der Waals surface area contributed by atoms with E-state index in [4.69, 9.17) is 5.11 Å². The van der Waals surface area contributed by atoms with Gasteiger partial charge in [-0.25, -0.2) is 8.42 Å². The van der Waals surface area contributed by atoms with Crippen molar-refractivity contribution in [1.29, 1.82) is 0 Å². The number of sulfonamides is 1. The molecule has 1 heterocycles. The van der Waals surface area contributed by atoms with Gasteiger partial charge >= 0.3 is 0 Å². The van der Waals surface area contributed by atoms with Gasteiger partial charge in [0, 0.05) is 19.2 Å². The Balaban J connectivity index is 2.11. The zero-order chi connectivity index (χ0) is 12.3. The minimum atomic E-state index is -3.11. The van der Waals surface area contributed by atoms with E-state index in [0.717, 1.165) is 44.9 Å². The lowest BCUT2D eigenvalue weighted by Crippen LogP contribution is -2.47. The number of aliphatic hydroxyl groups excluding tert-OH is 1. The van der Waals surface area contributed by atoms with Crippen molar-refractivity contribution in [2.24, 2.45) is 0 Å². The van der Waals surface area contributed by atoms with Crippen molar-refractivity contribution in [3.8, 4) is 0 Å². The van der Waals surface area contributed by atoms with Crippen LogP contribution in [0.1, 0.15) is 51.4 Å². The minimum Gasteiger partial charge on any atom is -0.396 e. The highest BCUT2D eigenvalue weighted by atomic mass is 32.2. The van der Waals surface area contributed by atoms with Gasteiger partial charge in [0.1, 0.15) is 0 Å². The maximum absolute atomic E-state index is 12.5. The van der Waals surface area contributed by atoms with Gasteiger partial charge in [0.2, 0.25) is 10.0 Å². The molecule has 2 rings (SSSR count). The fourth-order valence-corrected chi connectivity index (χ4v) is 5.45. The fraction of sp³-hybridized carbons (Fsp3) is 1.00. The van der Waals surface area contributed by atoms with Crippen LogP contribution in [0.25, 0.3) is 0 Å². The Morgan fingerprint density at radius 2 is 1.71 bits per heavy atom. The van der Waals surface area contributed by atoms with Crippen molar-refractivity contribution in [2.45, 2.75) is 62.7 Å². The molecule has 0 amide bonds. The van der Waals surface area contributed by atoms with Crippen LogP contribution in [0.5, 0.6) is 0 Å². The quantitative estimate of drug-likeness (QED) is 0.834. The van der Waals surface area contributed by atoms with Crippen LogP contribution in [0.2, 0.25) is 0 Å². The molecule has 1 aliphatic heterocycles. The zero-order valence-corrected chi connectivity index (χ0v) is 11.2. The summed E-state index contributed by atoms with van der Waals surface area (Å²) in [5.41, 5.74) is 0. The lowest BCUT2D eigenvalue weighted by Gasteiger charge is -2.36. The van der Waals surface area contributed by atoms with Gasteiger partial charge in [0.15, 0.2) is 0 Å². The first-order valence-corrected chi connectivity index (χ1v) is 8.28. The van der Waals surface area contributed by atoms with Gasteiger partial charge in [0.05, 0.1) is 5.25 Å². The Labute approximate surface area is 104 Å². The number of nitrogens with zero attached hydrogens (tertiary/aromatic N) is 1. The molecular weight excluding hydrogens is 238 g/mol. The standard InChI is InChI=1S/C12H23NO3S/c14-10-8-11-5-3-4-9-13(11)17(15,16)12-6-1-2-7-12/h11-12,14H,1-10H2. The van der Waals surface area contributed by atoms with Crippen LogP contribution in [-0.4, -0.2) is 42.3 Å². The molecule has 100 valence electrons. The van der Waals surface area contributed by atoms with Crippen molar-refractivity contribution in [3.05, 3.63) is 0 Å². The van der Waals surface area contributed by atoms with Gasteiger partial charge in [-0.05, 0) is 32.1 Å². The Bertz CT molecular complexity index is 334. The number of hydrogen-bond acceptors (Lipinski definition) is 3. The number of rotatable bonds is 4. The van der Waals surface area contributed by atoms with E-state index in [9.17, 15) is 8.42 Å². The maximum atomic E-state index is 12.5. The molecular formula is C12H23NO3S. The molecule has 0 bridgehead atoms. The van der Waals surface area contributed by atoms with Crippen LogP contribution in [0.4, 0.5) is 0 Å². The molecule has 0 aromatic heterocycles. The van der Waals surface area contributed by atoms with Crippen LogP contribution < -0.4 is 0 Å². The third-order valence-electron chi connectivity index (χ3n) is 4.09. The van der Waals surface area contributed by atoms with Crippen LogP contribution in [0, 0.1) is 0 Å². The first kappa shape index (κ1) is 13.3. The van der Waals surface area contributed by atoms with Gasteiger partial charge in [-0.3, -0.25) is 0 Å². The molecule has 1 unspecified atom stereocenters. The third kappa shape index (κ3) is 2.83. The van der Waals surface area contributed by atoms with E-state index in [-0.39, 0.29) is 17.9 Å². The van der Waals surface area contributed by atoms with Crippen LogP contribution in [-0.2, 0) is 10.0 Å². The smallest absolute Gasteiger partial charge is 0.217 e. The van der Waals surface area contributed by atoms with E-state index >= 15 is 0 Å². The Morgan fingerprint density at radius 3 is 2.35 bits per heavy atom. The summed E-state index contributed by atoms with van der Waals surface area (Å²) >= 11 is 0. The molecule has 0 spiro atoms. The van der Waals surface area contributed by atoms with Crippen LogP contribution >= 0.6 is 0 Å². The van der Waals surface area contributed by atoms with E-state index in [2.05, 4.69) is 0 Å². The van der Waals surface area contributed by atoms with Crippen molar-refractivity contribution in [1.82, 2.24) is 4.31 Å². The molecule has 0 aromatic rings. The lowest BCUT2D eigenvalue weighted by atomic mass is 10.0. The van der Waals surface area contributed by atoms with Crippen LogP contribution in [0.3, 0.4) is 0 Å². The second kappa shape index (κ2) is 5.67. The molecule has 17 heavy (non-hydrogen) atoms. The van der Waals surface area contributed by atoms with Gasteiger partial charge < -0.3 is 5.11 Å². The Morgan fingerprint density at radius 1 is 1.06 bits per heavy atom. The number of aliphatic hydroxyl groups is 1. The average Bonchev–Trinajstić information content (AvgIpc) is 2.84. The number of hydrogen-bond donors (Lipinski definition) is 1. The molecule has 1 saturated heterocycles. The maximum Gasteiger partial charge on any atom is 0.217 e. The minimum absolute atomic E-state index is 0.0411. The topological polar surface area (TPSA) is 57.6 Å². The van der Waals surface area contributed by atoms with Gasteiger partial charge in [-0.2, -0.15) is 4.31 Å². The van der Waals surface area contributed by atoms with E-state index in [0.29, 0.717) is 13.0 Å². The van der Waals surface area contributed by atoms with Crippen LogP contribution in [0.15, 0.2) is 0 Å². The molecule has 2 fully saturated rings. The highest BCUT2D eigenvalue weighted by Crippen LogP contribution is 2.31. The molecule has 1 N–H and O–H groups in total. The molecule has 1 aliphatic carbocycles. The molecule has 0 aromatic carbocycles. The summed E-state index contributed by atoms with van der Waals surface area (Å²) in [6.07, 6.45) is 7.29. The van der Waals surface area contributed by atoms with E-state index in [1.165, 1.54) is 0 Å². The summed E-state index contributed by atoms with van der Waals surface area (Å²) in [7, 11) is -3.11. The Hall–Kier alpha value is -0.130. The molecule has 2 aliphatic rings. The second-order valence-electron chi connectivity index (χ2n) is 5.22. The average molecular weight is 261 g/mol. The largest absolute Gasteiger partial charge is 0.396 e. The fourth-order valence-electron chi connectivity index (χ4n) is 3.12. The van der Waals surface area contributed by atoms with E-state index in [1.807, 2.05) is 0 Å². The molecule has 1 saturated carbocycles. The summed E-state index contributed by atoms with van der Waals surface area (Å²) in [5.74, 6) is 0. The summed E-state index contributed by atoms with van der Waals surface area (Å²) < 4.78 is 26.7. The van der Waals surface area contributed by atoms with Crippen molar-refractivity contribution in [2.75, 3.05) is 13.2 Å². The molecule has 5 heteroatoms. The molecule has 4 nitrogen and oxygen atoms in total. The summed E-state index contributed by atoms with van der Waals surface area (Å²) in [4.78, 5) is 0. The predicted octanol–water partition coefficient (Wildman–Crippen LogP) is 1.50. The van der Waals surface area contributed by atoms with Gasteiger partial charge in [0.25, 0.3) is 0 Å². The van der Waals surface area contributed by atoms with Crippen molar-refractivity contribution >= 4 is 10.0 Å². The first-order chi connectivity index (χ1) is 8.16. The SMILES string of the molecule is O=S(=O)(C1CCCC1)N1CCCCC1CCO. The highest BCUT2D eigenvalue weighted by Gasteiger charge is 2.38. The van der Waals surface area contributed by atoms with Gasteiger partial charge in [-0.15, -0.1) is 0 Å². The monoisotopic (exact) mass is 261 g/mol. The second-order valence-corrected chi connectivity index (χ2v) is 7.39. The predicted molar refractivity (Wildman–Crippen MR) is 67.2 cm³/mol.